The molecule has 0 saturated carbocycles. The molecular formula is C24H41BO3Si. The van der Waals surface area contributed by atoms with Gasteiger partial charge in [-0.15, -0.1) is 6.58 Å². The summed E-state index contributed by atoms with van der Waals surface area (Å²) >= 11 is 0. The topological polar surface area (TPSA) is 27.7 Å². The molecule has 2 rings (SSSR count). The molecule has 1 aromatic carbocycles. The van der Waals surface area contributed by atoms with Crippen molar-refractivity contribution in [1.82, 2.24) is 0 Å². The fraction of sp³-hybridized carbons (Fsp3) is 0.667. The molecule has 1 saturated heterocycles. The van der Waals surface area contributed by atoms with Crippen LogP contribution in [0.25, 0.3) is 0 Å². The van der Waals surface area contributed by atoms with Crippen molar-refractivity contribution in [1.29, 1.82) is 0 Å². The highest BCUT2D eigenvalue weighted by molar-refractivity contribution is 6.74. The second kappa shape index (κ2) is 8.70. The second-order valence-electron chi connectivity index (χ2n) is 10.9. The third-order valence-corrected chi connectivity index (χ3v) is 11.5. The van der Waals surface area contributed by atoms with E-state index in [9.17, 15) is 0 Å². The maximum Gasteiger partial charge on any atom is 0.461 e. The van der Waals surface area contributed by atoms with Crippen LogP contribution in [0.2, 0.25) is 23.9 Å². The van der Waals surface area contributed by atoms with Crippen LogP contribution >= 0.6 is 0 Å². The zero-order valence-electron chi connectivity index (χ0n) is 20.0. The molecule has 1 aliphatic rings. The highest BCUT2D eigenvalue weighted by Crippen LogP contribution is 2.46. The second-order valence-corrected chi connectivity index (χ2v) is 15.7. The Labute approximate surface area is 180 Å². The van der Waals surface area contributed by atoms with Crippen LogP contribution < -0.4 is 0 Å². The van der Waals surface area contributed by atoms with Crippen molar-refractivity contribution in [2.45, 2.75) is 103 Å². The minimum absolute atomic E-state index is 0.0149. The van der Waals surface area contributed by atoms with Crippen molar-refractivity contribution in [2.24, 2.45) is 0 Å². The van der Waals surface area contributed by atoms with Crippen molar-refractivity contribution < 1.29 is 13.7 Å². The lowest BCUT2D eigenvalue weighted by Crippen LogP contribution is -2.42. The van der Waals surface area contributed by atoms with E-state index in [0.29, 0.717) is 0 Å². The molecule has 0 aliphatic carbocycles. The monoisotopic (exact) mass is 416 g/mol. The molecule has 1 aromatic rings. The number of allylic oxidation sites excluding steroid dienone is 1. The van der Waals surface area contributed by atoms with Gasteiger partial charge in [0.2, 0.25) is 0 Å². The van der Waals surface area contributed by atoms with Crippen molar-refractivity contribution >= 4 is 15.4 Å². The van der Waals surface area contributed by atoms with Crippen LogP contribution in [0.5, 0.6) is 0 Å². The van der Waals surface area contributed by atoms with Gasteiger partial charge in [-0.25, -0.2) is 0 Å². The first-order valence-electron chi connectivity index (χ1n) is 10.9. The summed E-state index contributed by atoms with van der Waals surface area (Å²) in [4.78, 5) is 0. The van der Waals surface area contributed by atoms with E-state index in [1.807, 2.05) is 6.08 Å². The number of benzene rings is 1. The Morgan fingerprint density at radius 3 is 2.03 bits per heavy atom. The van der Waals surface area contributed by atoms with E-state index in [-0.39, 0.29) is 35.3 Å². The van der Waals surface area contributed by atoms with E-state index in [4.69, 9.17) is 13.7 Å². The Hall–Kier alpha value is -0.878. The van der Waals surface area contributed by atoms with Gasteiger partial charge >= 0.3 is 7.12 Å². The van der Waals surface area contributed by atoms with Gasteiger partial charge in [0.1, 0.15) is 0 Å². The molecular weight excluding hydrogens is 375 g/mol. The van der Waals surface area contributed by atoms with Crippen molar-refractivity contribution in [2.75, 3.05) is 0 Å². The first-order valence-corrected chi connectivity index (χ1v) is 13.8. The molecule has 29 heavy (non-hydrogen) atoms. The van der Waals surface area contributed by atoms with Gasteiger partial charge in [0, 0.05) is 5.82 Å². The van der Waals surface area contributed by atoms with E-state index in [1.165, 1.54) is 5.56 Å². The zero-order valence-corrected chi connectivity index (χ0v) is 21.0. The van der Waals surface area contributed by atoms with Crippen LogP contribution in [0.15, 0.2) is 43.0 Å². The molecule has 0 bridgehead atoms. The first kappa shape index (κ1) is 24.4. The van der Waals surface area contributed by atoms with Gasteiger partial charge in [-0.3, -0.25) is 0 Å². The standard InChI is InChI=1S/C24H41BO3Si/c1-11-15-20(25-27-23(5,6)24(7,8)28-25)18-21(19-16-13-12-14-17-19)26-29(9,10)22(2,3)4/h11-14,16-17,20-21H,1,15,18H2,2-10H3/t20-,21+/m1/s1. The predicted molar refractivity (Wildman–Crippen MR) is 127 cm³/mol. The molecule has 0 amide bonds. The molecule has 0 aromatic heterocycles. The van der Waals surface area contributed by atoms with Crippen LogP contribution in [0.3, 0.4) is 0 Å². The number of rotatable bonds is 8. The van der Waals surface area contributed by atoms with Crippen LogP contribution in [0.1, 0.15) is 73.0 Å². The lowest BCUT2D eigenvalue weighted by molar-refractivity contribution is 0.00578. The van der Waals surface area contributed by atoms with E-state index < -0.39 is 8.32 Å². The fourth-order valence-corrected chi connectivity index (χ4v) is 4.64. The van der Waals surface area contributed by atoms with E-state index >= 15 is 0 Å². The average Bonchev–Trinajstić information content (AvgIpc) is 2.81. The molecule has 5 heteroatoms. The SMILES string of the molecule is C=CC[C@H](C[C@H](O[Si](C)(C)C(C)(C)C)c1ccccc1)B1OC(C)(C)C(C)(C)O1. The molecule has 0 N–H and O–H groups in total. The van der Waals surface area contributed by atoms with Gasteiger partial charge in [0.05, 0.1) is 17.3 Å². The maximum absolute atomic E-state index is 6.92. The van der Waals surface area contributed by atoms with Crippen LogP contribution in [-0.2, 0) is 13.7 Å². The zero-order chi connectivity index (χ0) is 22.1. The Morgan fingerprint density at radius 2 is 1.59 bits per heavy atom. The van der Waals surface area contributed by atoms with Crippen molar-refractivity contribution in [3.8, 4) is 0 Å². The molecule has 0 unspecified atom stereocenters. The molecule has 1 aliphatic heterocycles. The fourth-order valence-electron chi connectivity index (χ4n) is 3.34. The van der Waals surface area contributed by atoms with E-state index in [0.717, 1.165) is 12.8 Å². The minimum Gasteiger partial charge on any atom is -0.410 e. The Morgan fingerprint density at radius 1 is 1.07 bits per heavy atom. The molecule has 0 spiro atoms. The highest BCUT2D eigenvalue weighted by Gasteiger charge is 2.54. The van der Waals surface area contributed by atoms with Gasteiger partial charge in [0.15, 0.2) is 8.32 Å². The molecule has 3 nitrogen and oxygen atoms in total. The van der Waals surface area contributed by atoms with Gasteiger partial charge in [-0.2, -0.15) is 0 Å². The smallest absolute Gasteiger partial charge is 0.410 e. The molecule has 1 fully saturated rings. The van der Waals surface area contributed by atoms with Gasteiger partial charge in [-0.05, 0) is 64.2 Å². The number of hydrogen-bond donors (Lipinski definition) is 0. The Bertz CT molecular complexity index is 663. The highest BCUT2D eigenvalue weighted by atomic mass is 28.4. The van der Waals surface area contributed by atoms with Crippen LogP contribution in [0.4, 0.5) is 0 Å². The lowest BCUT2D eigenvalue weighted by Gasteiger charge is -2.40. The summed E-state index contributed by atoms with van der Waals surface area (Å²) in [7, 11) is -2.20. The van der Waals surface area contributed by atoms with Crippen molar-refractivity contribution in [3.05, 3.63) is 48.6 Å². The Kier molecular flexibility index (Phi) is 7.32. The average molecular weight is 416 g/mol. The Balaban J connectivity index is 2.31. The quantitative estimate of drug-likeness (QED) is 0.332. The van der Waals surface area contributed by atoms with Gasteiger partial charge in [0.25, 0.3) is 0 Å². The maximum atomic E-state index is 6.92. The normalized spacial score (nSPS) is 21.1. The summed E-state index contributed by atoms with van der Waals surface area (Å²) in [5.41, 5.74) is 0.557. The van der Waals surface area contributed by atoms with E-state index in [1.54, 1.807) is 0 Å². The summed E-state index contributed by atoms with van der Waals surface area (Å²) in [6.45, 7) is 23.9. The molecule has 0 radical (unpaired) electrons. The third-order valence-electron chi connectivity index (χ3n) is 7.06. The van der Waals surface area contributed by atoms with E-state index in [2.05, 4.69) is 98.5 Å². The molecule has 2 atom stereocenters. The lowest BCUT2D eigenvalue weighted by atomic mass is 9.66. The molecule has 162 valence electrons. The summed E-state index contributed by atoms with van der Waals surface area (Å²) < 4.78 is 19.7. The summed E-state index contributed by atoms with van der Waals surface area (Å²) in [6.07, 6.45) is 3.67. The third kappa shape index (κ3) is 5.63. The largest absolute Gasteiger partial charge is 0.461 e. The van der Waals surface area contributed by atoms with Crippen LogP contribution in [-0.4, -0.2) is 26.6 Å². The predicted octanol–water partition coefficient (Wildman–Crippen LogP) is 7.18. The van der Waals surface area contributed by atoms with Crippen molar-refractivity contribution in [3.63, 3.8) is 0 Å². The minimum atomic E-state index is -1.94. The summed E-state index contributed by atoms with van der Waals surface area (Å²) in [6, 6.07) is 10.6. The molecule has 1 heterocycles. The van der Waals surface area contributed by atoms with Gasteiger partial charge in [-0.1, -0.05) is 57.2 Å². The van der Waals surface area contributed by atoms with Crippen LogP contribution in [0, 0.1) is 0 Å². The number of hydrogen-bond acceptors (Lipinski definition) is 3. The van der Waals surface area contributed by atoms with Gasteiger partial charge < -0.3 is 13.7 Å². The summed E-state index contributed by atoms with van der Waals surface area (Å²) in [5.74, 6) is 0.184. The first-order chi connectivity index (χ1) is 13.2. The summed E-state index contributed by atoms with van der Waals surface area (Å²) in [5, 5.41) is 0.151.